The van der Waals surface area contributed by atoms with Crippen LogP contribution < -0.4 is 11.1 Å². The van der Waals surface area contributed by atoms with Gasteiger partial charge in [-0.05, 0) is 30.5 Å². The fourth-order valence-electron chi connectivity index (χ4n) is 2.21. The van der Waals surface area contributed by atoms with Crippen LogP contribution in [0.5, 0.6) is 0 Å². The fraction of sp³-hybridized carbons (Fsp3) is 0.250. The van der Waals surface area contributed by atoms with E-state index in [9.17, 15) is 10.1 Å². The number of nitro groups is 1. The van der Waals surface area contributed by atoms with Gasteiger partial charge in [-0.15, -0.1) is 0 Å². The molecule has 0 heterocycles. The largest absolute Gasteiger partial charge is 0.385 e. The first-order valence-electron chi connectivity index (χ1n) is 6.87. The first-order chi connectivity index (χ1) is 10.1. The van der Waals surface area contributed by atoms with Gasteiger partial charge in [0.1, 0.15) is 0 Å². The molecule has 0 fully saturated rings. The molecule has 5 heteroatoms. The average Bonchev–Trinajstić information content (AvgIpc) is 2.47. The second-order valence-electron chi connectivity index (χ2n) is 5.05. The smallest absolute Gasteiger partial charge is 0.271 e. The molecular weight excluding hydrogens is 266 g/mol. The SMILES string of the molecule is Cc1cc(NCCC(N)c2ccccc2)cc([N+](=O)[O-])c1. The van der Waals surface area contributed by atoms with Gasteiger partial charge in [-0.1, -0.05) is 30.3 Å². The molecule has 0 aliphatic heterocycles. The van der Waals surface area contributed by atoms with E-state index in [1.807, 2.05) is 43.3 Å². The molecule has 2 aromatic carbocycles. The third-order valence-electron chi connectivity index (χ3n) is 3.29. The Labute approximate surface area is 123 Å². The van der Waals surface area contributed by atoms with Crippen molar-refractivity contribution in [2.75, 3.05) is 11.9 Å². The second-order valence-corrected chi connectivity index (χ2v) is 5.05. The van der Waals surface area contributed by atoms with Crippen molar-refractivity contribution in [3.8, 4) is 0 Å². The Hall–Kier alpha value is -2.40. The van der Waals surface area contributed by atoms with E-state index in [0.29, 0.717) is 6.54 Å². The zero-order valence-electron chi connectivity index (χ0n) is 12.0. The molecule has 0 amide bonds. The molecule has 0 saturated heterocycles. The van der Waals surface area contributed by atoms with Crippen LogP contribution in [0.4, 0.5) is 11.4 Å². The normalized spacial score (nSPS) is 11.9. The Morgan fingerprint density at radius 1 is 1.24 bits per heavy atom. The van der Waals surface area contributed by atoms with Crippen LogP contribution in [0, 0.1) is 17.0 Å². The molecule has 0 spiro atoms. The van der Waals surface area contributed by atoms with Gasteiger partial charge in [0.25, 0.3) is 5.69 Å². The molecule has 0 saturated carbocycles. The molecule has 21 heavy (non-hydrogen) atoms. The molecule has 0 aliphatic carbocycles. The number of nitrogens with zero attached hydrogens (tertiary/aromatic N) is 1. The van der Waals surface area contributed by atoms with Crippen LogP contribution in [0.2, 0.25) is 0 Å². The summed E-state index contributed by atoms with van der Waals surface area (Å²) in [5.41, 5.74) is 8.92. The molecule has 0 aliphatic rings. The molecule has 2 aromatic rings. The van der Waals surface area contributed by atoms with E-state index >= 15 is 0 Å². The van der Waals surface area contributed by atoms with Gasteiger partial charge in [0.05, 0.1) is 4.92 Å². The van der Waals surface area contributed by atoms with Crippen molar-refractivity contribution in [3.05, 3.63) is 69.8 Å². The molecule has 1 atom stereocenters. The third-order valence-corrected chi connectivity index (χ3v) is 3.29. The summed E-state index contributed by atoms with van der Waals surface area (Å²) in [4.78, 5) is 10.4. The summed E-state index contributed by atoms with van der Waals surface area (Å²) < 4.78 is 0. The Bertz CT molecular complexity index is 614. The topological polar surface area (TPSA) is 81.2 Å². The number of rotatable bonds is 6. The molecule has 5 nitrogen and oxygen atoms in total. The van der Waals surface area contributed by atoms with Crippen molar-refractivity contribution < 1.29 is 4.92 Å². The average molecular weight is 285 g/mol. The lowest BCUT2D eigenvalue weighted by Gasteiger charge is -2.13. The molecule has 0 radical (unpaired) electrons. The number of benzene rings is 2. The summed E-state index contributed by atoms with van der Waals surface area (Å²) in [6.07, 6.45) is 0.756. The van der Waals surface area contributed by atoms with Crippen molar-refractivity contribution >= 4 is 11.4 Å². The maximum Gasteiger partial charge on any atom is 0.271 e. The third kappa shape index (κ3) is 4.29. The Morgan fingerprint density at radius 3 is 2.62 bits per heavy atom. The summed E-state index contributed by atoms with van der Waals surface area (Å²) in [5.74, 6) is 0. The lowest BCUT2D eigenvalue weighted by molar-refractivity contribution is -0.384. The second kappa shape index (κ2) is 6.85. The van der Waals surface area contributed by atoms with E-state index in [-0.39, 0.29) is 16.7 Å². The number of non-ortho nitro benzene ring substituents is 1. The fourth-order valence-corrected chi connectivity index (χ4v) is 2.21. The van der Waals surface area contributed by atoms with Gasteiger partial charge < -0.3 is 11.1 Å². The molecule has 0 aromatic heterocycles. The summed E-state index contributed by atoms with van der Waals surface area (Å²) in [6.45, 7) is 2.50. The standard InChI is InChI=1S/C16H19N3O2/c1-12-9-14(11-15(10-12)19(20)21)18-8-7-16(17)13-5-3-2-4-6-13/h2-6,9-11,16,18H,7-8,17H2,1H3. The summed E-state index contributed by atoms with van der Waals surface area (Å²) >= 11 is 0. The number of anilines is 1. The van der Waals surface area contributed by atoms with E-state index < -0.39 is 0 Å². The van der Waals surface area contributed by atoms with E-state index in [4.69, 9.17) is 5.73 Å². The zero-order valence-corrected chi connectivity index (χ0v) is 12.0. The van der Waals surface area contributed by atoms with Crippen LogP contribution in [-0.2, 0) is 0 Å². The van der Waals surface area contributed by atoms with E-state index in [0.717, 1.165) is 23.2 Å². The van der Waals surface area contributed by atoms with E-state index in [2.05, 4.69) is 5.32 Å². The molecule has 3 N–H and O–H groups in total. The molecule has 110 valence electrons. The monoisotopic (exact) mass is 285 g/mol. The number of nitro benzene ring substituents is 1. The summed E-state index contributed by atoms with van der Waals surface area (Å²) in [7, 11) is 0. The van der Waals surface area contributed by atoms with Crippen LogP contribution in [0.3, 0.4) is 0 Å². The number of nitrogens with two attached hydrogens (primary N) is 1. The number of hydrogen-bond acceptors (Lipinski definition) is 4. The maximum atomic E-state index is 10.8. The molecule has 0 bridgehead atoms. The molecule has 2 rings (SSSR count). The maximum absolute atomic E-state index is 10.8. The van der Waals surface area contributed by atoms with Crippen LogP contribution in [0.15, 0.2) is 48.5 Å². The summed E-state index contributed by atoms with van der Waals surface area (Å²) in [6, 6.07) is 14.8. The van der Waals surface area contributed by atoms with Crippen LogP contribution in [0.25, 0.3) is 0 Å². The Balaban J connectivity index is 1.93. The predicted molar refractivity (Wildman–Crippen MR) is 84.3 cm³/mol. The van der Waals surface area contributed by atoms with Gasteiger partial charge in [-0.2, -0.15) is 0 Å². The minimum atomic E-state index is -0.381. The van der Waals surface area contributed by atoms with Gasteiger partial charge >= 0.3 is 0 Å². The summed E-state index contributed by atoms with van der Waals surface area (Å²) in [5, 5.41) is 14.0. The first-order valence-corrected chi connectivity index (χ1v) is 6.87. The van der Waals surface area contributed by atoms with Crippen molar-refractivity contribution in [1.82, 2.24) is 0 Å². The van der Waals surface area contributed by atoms with Crippen molar-refractivity contribution in [3.63, 3.8) is 0 Å². The quantitative estimate of drug-likeness (QED) is 0.629. The zero-order chi connectivity index (χ0) is 15.2. The Morgan fingerprint density at radius 2 is 1.95 bits per heavy atom. The highest BCUT2D eigenvalue weighted by molar-refractivity contribution is 5.53. The first kappa shape index (κ1) is 15.0. The minimum absolute atomic E-state index is 0.0431. The number of nitrogens with one attached hydrogen (secondary N) is 1. The number of aryl methyl sites for hydroxylation is 1. The molecule has 1 unspecified atom stereocenters. The Kier molecular flexibility index (Phi) is 4.90. The van der Waals surface area contributed by atoms with Crippen molar-refractivity contribution in [1.29, 1.82) is 0 Å². The number of hydrogen-bond donors (Lipinski definition) is 2. The van der Waals surface area contributed by atoms with E-state index in [1.165, 1.54) is 0 Å². The van der Waals surface area contributed by atoms with Crippen LogP contribution >= 0.6 is 0 Å². The van der Waals surface area contributed by atoms with Crippen molar-refractivity contribution in [2.24, 2.45) is 5.73 Å². The van der Waals surface area contributed by atoms with Gasteiger partial charge in [-0.25, -0.2) is 0 Å². The van der Waals surface area contributed by atoms with Gasteiger partial charge in [-0.3, -0.25) is 10.1 Å². The van der Waals surface area contributed by atoms with E-state index in [1.54, 1.807) is 12.1 Å². The highest BCUT2D eigenvalue weighted by Crippen LogP contribution is 2.21. The van der Waals surface area contributed by atoms with Crippen LogP contribution in [0.1, 0.15) is 23.6 Å². The minimum Gasteiger partial charge on any atom is -0.385 e. The van der Waals surface area contributed by atoms with Gasteiger partial charge in [0.15, 0.2) is 0 Å². The van der Waals surface area contributed by atoms with Crippen LogP contribution in [-0.4, -0.2) is 11.5 Å². The highest BCUT2D eigenvalue weighted by Gasteiger charge is 2.09. The van der Waals surface area contributed by atoms with Gasteiger partial charge in [0.2, 0.25) is 0 Å². The van der Waals surface area contributed by atoms with Crippen molar-refractivity contribution in [2.45, 2.75) is 19.4 Å². The lowest BCUT2D eigenvalue weighted by Crippen LogP contribution is -2.15. The highest BCUT2D eigenvalue weighted by atomic mass is 16.6. The van der Waals surface area contributed by atoms with Gasteiger partial charge in [0, 0.05) is 30.4 Å². The predicted octanol–water partition coefficient (Wildman–Crippen LogP) is 3.41. The lowest BCUT2D eigenvalue weighted by atomic mass is 10.0. The molecular formula is C16H19N3O2.